The third kappa shape index (κ3) is 4.46. The maximum Gasteiger partial charge on any atom is 0.133 e. The monoisotopic (exact) mass is 254 g/mol. The molecule has 0 saturated heterocycles. The lowest BCUT2D eigenvalue weighted by Gasteiger charge is -2.15. The van der Waals surface area contributed by atoms with Crippen molar-refractivity contribution in [3.05, 3.63) is 11.9 Å². The fraction of sp³-hybridized carbons (Fsp3) is 0.667. The highest BCUT2D eigenvalue weighted by molar-refractivity contribution is 5.48. The number of nitrogens with one attached hydrogen (secondary N) is 2. The van der Waals surface area contributed by atoms with Gasteiger partial charge in [0, 0.05) is 19.0 Å². The van der Waals surface area contributed by atoms with E-state index >= 15 is 0 Å². The molecular weight excluding hydrogens is 232 g/mol. The number of rotatable bonds is 8. The van der Waals surface area contributed by atoms with Gasteiger partial charge < -0.3 is 20.8 Å². The summed E-state index contributed by atoms with van der Waals surface area (Å²) < 4.78 is 0. The lowest BCUT2D eigenvalue weighted by atomic mass is 10.3. The van der Waals surface area contributed by atoms with Crippen LogP contribution in [0.15, 0.2) is 6.07 Å². The lowest BCUT2D eigenvalue weighted by Crippen LogP contribution is -2.28. The number of aryl methyl sites for hydroxylation is 1. The fourth-order valence-electron chi connectivity index (χ4n) is 1.54. The second kappa shape index (κ2) is 7.84. The molecule has 0 saturated carbocycles. The van der Waals surface area contributed by atoms with Crippen molar-refractivity contribution in [3.8, 4) is 0 Å². The highest BCUT2D eigenvalue weighted by Crippen LogP contribution is 2.13. The smallest absolute Gasteiger partial charge is 0.133 e. The van der Waals surface area contributed by atoms with E-state index in [1.165, 1.54) is 0 Å². The Balaban J connectivity index is 2.87. The van der Waals surface area contributed by atoms with E-state index in [1.807, 2.05) is 6.92 Å². The van der Waals surface area contributed by atoms with Gasteiger partial charge >= 0.3 is 0 Å². The van der Waals surface area contributed by atoms with Crippen molar-refractivity contribution < 1.29 is 10.2 Å². The quantitative estimate of drug-likeness (QED) is 0.544. The van der Waals surface area contributed by atoms with Crippen molar-refractivity contribution >= 4 is 11.6 Å². The summed E-state index contributed by atoms with van der Waals surface area (Å²) in [6.45, 7) is 4.57. The van der Waals surface area contributed by atoms with Gasteiger partial charge in [0.2, 0.25) is 0 Å². The summed E-state index contributed by atoms with van der Waals surface area (Å²) in [6.07, 6.45) is 1.77. The van der Waals surface area contributed by atoms with E-state index in [2.05, 4.69) is 27.5 Å². The van der Waals surface area contributed by atoms with Crippen molar-refractivity contribution in [1.82, 2.24) is 9.97 Å². The molecule has 0 fully saturated rings. The third-order valence-electron chi connectivity index (χ3n) is 2.40. The first-order chi connectivity index (χ1) is 8.73. The van der Waals surface area contributed by atoms with Crippen LogP contribution in [0.2, 0.25) is 0 Å². The van der Waals surface area contributed by atoms with Crippen molar-refractivity contribution in [3.63, 3.8) is 0 Å². The molecule has 18 heavy (non-hydrogen) atoms. The summed E-state index contributed by atoms with van der Waals surface area (Å²) in [5.41, 5.74) is 0. The number of nitrogens with zero attached hydrogens (tertiary/aromatic N) is 2. The van der Waals surface area contributed by atoms with Crippen molar-refractivity contribution in [2.45, 2.75) is 32.7 Å². The zero-order valence-corrected chi connectivity index (χ0v) is 11.0. The van der Waals surface area contributed by atoms with Crippen LogP contribution in [0.4, 0.5) is 11.6 Å². The zero-order chi connectivity index (χ0) is 13.4. The van der Waals surface area contributed by atoms with Crippen LogP contribution in [0, 0.1) is 0 Å². The molecule has 6 heteroatoms. The molecule has 0 aliphatic heterocycles. The van der Waals surface area contributed by atoms with Crippen LogP contribution in [-0.4, -0.2) is 46.0 Å². The topological polar surface area (TPSA) is 90.3 Å². The molecule has 0 aliphatic rings. The van der Waals surface area contributed by atoms with Gasteiger partial charge in [-0.3, -0.25) is 0 Å². The normalized spacial score (nSPS) is 10.7. The highest BCUT2D eigenvalue weighted by atomic mass is 16.3. The lowest BCUT2D eigenvalue weighted by molar-refractivity contribution is 0.203. The molecule has 4 N–H and O–H groups in total. The first-order valence-electron chi connectivity index (χ1n) is 6.33. The fourth-order valence-corrected chi connectivity index (χ4v) is 1.54. The molecule has 0 aliphatic carbocycles. The van der Waals surface area contributed by atoms with Crippen LogP contribution in [0.25, 0.3) is 0 Å². The Hall–Kier alpha value is -1.40. The van der Waals surface area contributed by atoms with Crippen LogP contribution >= 0.6 is 0 Å². The Bertz CT molecular complexity index is 332. The Morgan fingerprint density at radius 1 is 1.17 bits per heavy atom. The summed E-state index contributed by atoms with van der Waals surface area (Å²) in [5, 5.41) is 24.2. The van der Waals surface area contributed by atoms with Gasteiger partial charge in [0.1, 0.15) is 17.5 Å². The molecule has 1 aromatic heterocycles. The van der Waals surface area contributed by atoms with Gasteiger partial charge in [0.15, 0.2) is 0 Å². The molecular formula is C12H22N4O2. The van der Waals surface area contributed by atoms with Gasteiger partial charge in [0.05, 0.1) is 19.3 Å². The molecule has 1 rings (SSSR count). The van der Waals surface area contributed by atoms with E-state index in [1.54, 1.807) is 6.07 Å². The van der Waals surface area contributed by atoms with Gasteiger partial charge in [-0.25, -0.2) is 9.97 Å². The summed E-state index contributed by atoms with van der Waals surface area (Å²) in [4.78, 5) is 8.74. The van der Waals surface area contributed by atoms with Crippen molar-refractivity contribution in [1.29, 1.82) is 0 Å². The standard InChI is InChI=1S/C12H22N4O2/c1-3-5-10-15-11(13-4-2)6-12(16-10)14-9(7-17)8-18/h6,9,17-18H,3-5,7-8H2,1-2H3,(H2,13,14,15,16). The van der Waals surface area contributed by atoms with Crippen LogP contribution in [0.3, 0.4) is 0 Å². The number of aromatic nitrogens is 2. The molecule has 0 atom stereocenters. The molecule has 0 amide bonds. The van der Waals surface area contributed by atoms with Crippen LogP contribution < -0.4 is 10.6 Å². The average Bonchev–Trinajstić information content (AvgIpc) is 2.36. The zero-order valence-electron chi connectivity index (χ0n) is 11.0. The summed E-state index contributed by atoms with van der Waals surface area (Å²) in [7, 11) is 0. The first kappa shape index (κ1) is 14.7. The van der Waals surface area contributed by atoms with E-state index in [0.717, 1.165) is 31.0 Å². The molecule has 0 unspecified atom stereocenters. The van der Waals surface area contributed by atoms with E-state index in [9.17, 15) is 0 Å². The Morgan fingerprint density at radius 2 is 1.83 bits per heavy atom. The highest BCUT2D eigenvalue weighted by Gasteiger charge is 2.09. The van der Waals surface area contributed by atoms with Gasteiger partial charge in [-0.2, -0.15) is 0 Å². The minimum Gasteiger partial charge on any atom is -0.394 e. The van der Waals surface area contributed by atoms with Crippen LogP contribution in [0.5, 0.6) is 0 Å². The summed E-state index contributed by atoms with van der Waals surface area (Å²) in [5.74, 6) is 2.14. The van der Waals surface area contributed by atoms with Gasteiger partial charge in [-0.05, 0) is 13.3 Å². The predicted octanol–water partition coefficient (Wildman–Crippen LogP) is 0.626. The molecule has 1 heterocycles. The van der Waals surface area contributed by atoms with E-state index in [4.69, 9.17) is 10.2 Å². The Kier molecular flexibility index (Phi) is 6.38. The number of hydrogen-bond donors (Lipinski definition) is 4. The Labute approximate surface area is 107 Å². The third-order valence-corrected chi connectivity index (χ3v) is 2.40. The first-order valence-corrected chi connectivity index (χ1v) is 6.33. The maximum absolute atomic E-state index is 9.05. The number of anilines is 2. The molecule has 0 radical (unpaired) electrons. The number of aliphatic hydroxyl groups is 2. The van der Waals surface area contributed by atoms with E-state index < -0.39 is 6.04 Å². The molecule has 0 spiro atoms. The molecule has 6 nitrogen and oxygen atoms in total. The molecule has 0 bridgehead atoms. The number of aliphatic hydroxyl groups excluding tert-OH is 2. The molecule has 102 valence electrons. The minimum atomic E-state index is -0.399. The average molecular weight is 254 g/mol. The van der Waals surface area contributed by atoms with Gasteiger partial charge in [-0.15, -0.1) is 0 Å². The second-order valence-corrected chi connectivity index (χ2v) is 4.04. The van der Waals surface area contributed by atoms with E-state index in [-0.39, 0.29) is 13.2 Å². The molecule has 0 aromatic carbocycles. The minimum absolute atomic E-state index is 0.139. The summed E-state index contributed by atoms with van der Waals surface area (Å²) >= 11 is 0. The SMILES string of the molecule is CCCc1nc(NCC)cc(NC(CO)CO)n1. The van der Waals surface area contributed by atoms with Crippen molar-refractivity contribution in [2.75, 3.05) is 30.4 Å². The summed E-state index contributed by atoms with van der Waals surface area (Å²) in [6, 6.07) is 1.38. The largest absolute Gasteiger partial charge is 0.394 e. The second-order valence-electron chi connectivity index (χ2n) is 4.04. The van der Waals surface area contributed by atoms with Crippen molar-refractivity contribution in [2.24, 2.45) is 0 Å². The van der Waals surface area contributed by atoms with E-state index in [0.29, 0.717) is 5.82 Å². The van der Waals surface area contributed by atoms with Gasteiger partial charge in [-0.1, -0.05) is 6.92 Å². The predicted molar refractivity (Wildman–Crippen MR) is 71.8 cm³/mol. The van der Waals surface area contributed by atoms with Crippen LogP contribution in [0.1, 0.15) is 26.1 Å². The van der Waals surface area contributed by atoms with Crippen LogP contribution in [-0.2, 0) is 6.42 Å². The Morgan fingerprint density at radius 3 is 2.39 bits per heavy atom. The maximum atomic E-state index is 9.05. The number of hydrogen-bond acceptors (Lipinski definition) is 6. The molecule has 1 aromatic rings. The van der Waals surface area contributed by atoms with Gasteiger partial charge in [0.25, 0.3) is 0 Å².